The predicted octanol–water partition coefficient (Wildman–Crippen LogP) is 4.00. The molecule has 27 heavy (non-hydrogen) atoms. The van der Waals surface area contributed by atoms with Crippen molar-refractivity contribution in [3.05, 3.63) is 59.7 Å². The Kier molecular flexibility index (Phi) is 5.78. The van der Waals surface area contributed by atoms with Crippen molar-refractivity contribution in [2.45, 2.75) is 6.92 Å². The van der Waals surface area contributed by atoms with Crippen molar-refractivity contribution >= 4 is 19.2 Å². The topological polar surface area (TPSA) is 87.9 Å². The van der Waals surface area contributed by atoms with Crippen molar-refractivity contribution in [1.29, 1.82) is 0 Å². The molecule has 0 radical (unpaired) electrons. The summed E-state index contributed by atoms with van der Waals surface area (Å²) in [4.78, 5) is 0. The molecule has 3 rings (SSSR count). The van der Waals surface area contributed by atoms with Crippen LogP contribution in [-0.2, 0) is 18.3 Å². The summed E-state index contributed by atoms with van der Waals surface area (Å²) in [5.74, 6) is 1.38. The average Bonchev–Trinajstić information content (AvgIpc) is 2.88. The van der Waals surface area contributed by atoms with Crippen molar-refractivity contribution in [3.8, 4) is 11.5 Å². The molecule has 0 spiro atoms. The lowest BCUT2D eigenvalue weighted by Gasteiger charge is -2.08. The first-order valence-electron chi connectivity index (χ1n) is 8.16. The normalized spacial score (nSPS) is 15.5. The third-order valence-corrected chi connectivity index (χ3v) is 4.84. The molecule has 0 amide bonds. The van der Waals surface area contributed by atoms with Crippen LogP contribution in [0, 0.1) is 0 Å². The van der Waals surface area contributed by atoms with Crippen LogP contribution in [0.4, 0.5) is 0 Å². The molecule has 0 atom stereocenters. The molecule has 8 nitrogen and oxygen atoms in total. The molecular formula is C18H19N2O6P. The van der Waals surface area contributed by atoms with E-state index in [1.54, 1.807) is 69.7 Å². The van der Waals surface area contributed by atoms with E-state index in [2.05, 4.69) is 10.3 Å². The Bertz CT molecular complexity index is 824. The highest BCUT2D eigenvalue weighted by atomic mass is 31.2. The van der Waals surface area contributed by atoms with Crippen molar-refractivity contribution in [1.82, 2.24) is 0 Å². The zero-order valence-electron chi connectivity index (χ0n) is 15.1. The fraction of sp³-hybridized carbons (Fsp3) is 0.222. The minimum Gasteiger partial charge on any atom is -0.497 e. The van der Waals surface area contributed by atoms with Gasteiger partial charge in [0, 0.05) is 11.1 Å². The van der Waals surface area contributed by atoms with Crippen LogP contribution in [-0.4, -0.2) is 32.2 Å². The first-order chi connectivity index (χ1) is 13.1. The lowest BCUT2D eigenvalue weighted by Crippen LogP contribution is -2.17. The molecule has 0 saturated carbocycles. The summed E-state index contributed by atoms with van der Waals surface area (Å²) in [5.41, 5.74) is 2.05. The Morgan fingerprint density at radius 2 is 1.22 bits per heavy atom. The highest BCUT2D eigenvalue weighted by molar-refractivity contribution is 7.48. The molecule has 0 saturated heterocycles. The Morgan fingerprint density at radius 1 is 0.815 bits per heavy atom. The Labute approximate surface area is 156 Å². The summed E-state index contributed by atoms with van der Waals surface area (Å²) in [5, 5.41) is 8.04. The van der Waals surface area contributed by atoms with Gasteiger partial charge < -0.3 is 9.47 Å². The lowest BCUT2D eigenvalue weighted by atomic mass is 10.00. The number of phosphoric acid groups is 1. The standard InChI is InChI=1S/C18H19N2O6P/c1-4-24-27(21)25-19-17(13-5-9-15(22-2)10-6-13)18(20-26-27)14-7-11-16(23-3)12-8-14/h5-12H,4H2,1-3H3. The van der Waals surface area contributed by atoms with E-state index in [-0.39, 0.29) is 6.61 Å². The van der Waals surface area contributed by atoms with Crippen LogP contribution >= 0.6 is 7.82 Å². The quantitative estimate of drug-likeness (QED) is 0.693. The van der Waals surface area contributed by atoms with Crippen LogP contribution in [0.25, 0.3) is 0 Å². The maximum atomic E-state index is 12.5. The molecule has 0 N–H and O–H groups in total. The van der Waals surface area contributed by atoms with E-state index in [4.69, 9.17) is 23.2 Å². The van der Waals surface area contributed by atoms with Crippen molar-refractivity contribution < 1.29 is 27.8 Å². The fourth-order valence-electron chi connectivity index (χ4n) is 2.36. The van der Waals surface area contributed by atoms with Gasteiger partial charge in [0.15, 0.2) is 0 Å². The molecule has 0 aromatic heterocycles. The lowest BCUT2D eigenvalue weighted by molar-refractivity contribution is 0.126. The number of ether oxygens (including phenoxy) is 2. The fourth-order valence-corrected chi connectivity index (χ4v) is 3.17. The number of methoxy groups -OCH3 is 2. The predicted molar refractivity (Wildman–Crippen MR) is 100 cm³/mol. The minimum absolute atomic E-state index is 0.123. The van der Waals surface area contributed by atoms with Crippen LogP contribution in [0.3, 0.4) is 0 Å². The van der Waals surface area contributed by atoms with E-state index in [1.807, 2.05) is 0 Å². The molecule has 2 aromatic carbocycles. The van der Waals surface area contributed by atoms with Gasteiger partial charge in [-0.3, -0.25) is 13.8 Å². The first kappa shape index (κ1) is 18.9. The van der Waals surface area contributed by atoms with Gasteiger partial charge in [-0.2, -0.15) is 0 Å². The molecule has 1 aliphatic heterocycles. The molecule has 0 aliphatic carbocycles. The van der Waals surface area contributed by atoms with Crippen LogP contribution in [0.15, 0.2) is 58.8 Å². The minimum atomic E-state index is -3.93. The van der Waals surface area contributed by atoms with E-state index in [0.29, 0.717) is 34.0 Å². The molecule has 1 heterocycles. The second-order valence-corrected chi connectivity index (χ2v) is 6.84. The SMILES string of the molecule is CCOP1(=O)ON=C(c2ccc(OC)cc2)C(c2ccc(OC)cc2)=NO1. The van der Waals surface area contributed by atoms with Gasteiger partial charge in [0.05, 0.1) is 20.8 Å². The molecular weight excluding hydrogens is 371 g/mol. The van der Waals surface area contributed by atoms with Crippen LogP contribution < -0.4 is 9.47 Å². The monoisotopic (exact) mass is 390 g/mol. The van der Waals surface area contributed by atoms with Gasteiger partial charge >= 0.3 is 7.82 Å². The van der Waals surface area contributed by atoms with Crippen LogP contribution in [0.1, 0.15) is 18.1 Å². The van der Waals surface area contributed by atoms with Crippen LogP contribution in [0.5, 0.6) is 11.5 Å². The van der Waals surface area contributed by atoms with E-state index in [9.17, 15) is 4.57 Å². The molecule has 0 bridgehead atoms. The largest absolute Gasteiger partial charge is 0.629 e. The van der Waals surface area contributed by atoms with Crippen molar-refractivity contribution in [3.63, 3.8) is 0 Å². The summed E-state index contributed by atoms with van der Waals surface area (Å²) in [6.07, 6.45) is 0. The van der Waals surface area contributed by atoms with E-state index in [0.717, 1.165) is 0 Å². The smallest absolute Gasteiger partial charge is 0.497 e. The summed E-state index contributed by atoms with van der Waals surface area (Å²) in [6.45, 7) is 1.79. The van der Waals surface area contributed by atoms with Gasteiger partial charge in [-0.05, 0) is 55.5 Å². The average molecular weight is 390 g/mol. The number of benzene rings is 2. The molecule has 142 valence electrons. The third-order valence-electron chi connectivity index (χ3n) is 3.70. The zero-order valence-corrected chi connectivity index (χ0v) is 16.0. The second-order valence-electron chi connectivity index (χ2n) is 5.37. The zero-order chi connectivity index (χ0) is 19.3. The number of nitrogens with zero attached hydrogens (tertiary/aromatic N) is 2. The van der Waals surface area contributed by atoms with E-state index >= 15 is 0 Å². The molecule has 2 aromatic rings. The van der Waals surface area contributed by atoms with Gasteiger partial charge in [0.2, 0.25) is 0 Å². The van der Waals surface area contributed by atoms with Gasteiger partial charge in [-0.15, -0.1) is 0 Å². The number of hydrogen-bond donors (Lipinski definition) is 0. The summed E-state index contributed by atoms with van der Waals surface area (Å²) < 4.78 is 38.1. The van der Waals surface area contributed by atoms with Crippen molar-refractivity contribution in [2.75, 3.05) is 20.8 Å². The maximum absolute atomic E-state index is 12.5. The maximum Gasteiger partial charge on any atom is 0.629 e. The molecule has 1 aliphatic rings. The van der Waals surface area contributed by atoms with E-state index in [1.165, 1.54) is 0 Å². The third kappa shape index (κ3) is 4.30. The highest BCUT2D eigenvalue weighted by Gasteiger charge is 2.34. The summed E-state index contributed by atoms with van der Waals surface area (Å²) in [6, 6.07) is 14.3. The van der Waals surface area contributed by atoms with E-state index < -0.39 is 7.82 Å². The molecule has 0 unspecified atom stereocenters. The molecule has 9 heteroatoms. The number of hydrogen-bond acceptors (Lipinski definition) is 8. The summed E-state index contributed by atoms with van der Waals surface area (Å²) in [7, 11) is -0.765. The Morgan fingerprint density at radius 3 is 1.56 bits per heavy atom. The van der Waals surface area contributed by atoms with Gasteiger partial charge in [-0.1, -0.05) is 10.3 Å². The van der Waals surface area contributed by atoms with Gasteiger partial charge in [0.25, 0.3) is 0 Å². The van der Waals surface area contributed by atoms with Gasteiger partial charge in [0.1, 0.15) is 22.9 Å². The summed E-state index contributed by atoms with van der Waals surface area (Å²) >= 11 is 0. The first-order valence-corrected chi connectivity index (χ1v) is 9.62. The Balaban J connectivity index is 2.05. The highest BCUT2D eigenvalue weighted by Crippen LogP contribution is 2.51. The second kappa shape index (κ2) is 8.24. The number of oxime groups is 2. The van der Waals surface area contributed by atoms with Crippen molar-refractivity contribution in [2.24, 2.45) is 10.3 Å². The molecule has 0 fully saturated rings. The van der Waals surface area contributed by atoms with Crippen LogP contribution in [0.2, 0.25) is 0 Å². The van der Waals surface area contributed by atoms with Gasteiger partial charge in [-0.25, -0.2) is 4.57 Å². The Hall–Kier alpha value is -2.83. The number of rotatable bonds is 6.